The van der Waals surface area contributed by atoms with E-state index >= 15 is 0 Å². The predicted octanol–water partition coefficient (Wildman–Crippen LogP) is 3.50. The second kappa shape index (κ2) is 8.06. The minimum Gasteiger partial charge on any atom is -0.351 e. The molecule has 24 heavy (non-hydrogen) atoms. The van der Waals surface area contributed by atoms with Crippen molar-refractivity contribution >= 4 is 5.91 Å². The first-order valence-corrected chi connectivity index (χ1v) is 9.08. The standard InChI is InChI=1S/C19H26F2N2O/c20-16-7-6-14(11-17(16)21)15-8-9-22-12-18(15)23-19(24)10-13-4-2-1-3-5-13/h6-7,11,13,15,18,22H,1-5,8-10,12H2,(H,23,24). The van der Waals surface area contributed by atoms with Gasteiger partial charge in [-0.05, 0) is 49.4 Å². The number of hydrogen-bond donors (Lipinski definition) is 2. The van der Waals surface area contributed by atoms with Crippen LogP contribution in [0.1, 0.15) is 56.4 Å². The number of benzene rings is 1. The lowest BCUT2D eigenvalue weighted by Crippen LogP contribution is -2.50. The van der Waals surface area contributed by atoms with E-state index < -0.39 is 11.6 Å². The van der Waals surface area contributed by atoms with Crippen molar-refractivity contribution in [2.75, 3.05) is 13.1 Å². The molecule has 2 fully saturated rings. The second-order valence-corrected chi connectivity index (χ2v) is 7.16. The number of carbonyl (C=O) groups excluding carboxylic acids is 1. The van der Waals surface area contributed by atoms with Crippen molar-refractivity contribution in [2.24, 2.45) is 5.92 Å². The highest BCUT2D eigenvalue weighted by Crippen LogP contribution is 2.29. The van der Waals surface area contributed by atoms with Gasteiger partial charge >= 0.3 is 0 Å². The summed E-state index contributed by atoms with van der Waals surface area (Å²) in [4.78, 5) is 12.4. The van der Waals surface area contributed by atoms with Gasteiger partial charge < -0.3 is 10.6 Å². The molecule has 1 heterocycles. The molecule has 3 nitrogen and oxygen atoms in total. The van der Waals surface area contributed by atoms with Crippen molar-refractivity contribution in [1.82, 2.24) is 10.6 Å². The van der Waals surface area contributed by atoms with Crippen LogP contribution in [0, 0.1) is 17.6 Å². The summed E-state index contributed by atoms with van der Waals surface area (Å²) in [7, 11) is 0. The fourth-order valence-corrected chi connectivity index (χ4v) is 4.07. The van der Waals surface area contributed by atoms with Gasteiger partial charge in [-0.2, -0.15) is 0 Å². The summed E-state index contributed by atoms with van der Waals surface area (Å²) in [5, 5.41) is 6.42. The summed E-state index contributed by atoms with van der Waals surface area (Å²) in [6.07, 6.45) is 7.40. The van der Waals surface area contributed by atoms with E-state index in [2.05, 4.69) is 10.6 Å². The first-order chi connectivity index (χ1) is 11.6. The summed E-state index contributed by atoms with van der Waals surface area (Å²) in [6.45, 7) is 1.48. The van der Waals surface area contributed by atoms with E-state index in [0.29, 0.717) is 18.9 Å². The quantitative estimate of drug-likeness (QED) is 0.884. The lowest BCUT2D eigenvalue weighted by atomic mass is 9.84. The number of rotatable bonds is 4. The Morgan fingerprint density at radius 3 is 2.67 bits per heavy atom. The highest BCUT2D eigenvalue weighted by molar-refractivity contribution is 5.76. The van der Waals surface area contributed by atoms with Gasteiger partial charge in [0.25, 0.3) is 0 Å². The maximum atomic E-state index is 13.6. The minimum atomic E-state index is -0.828. The van der Waals surface area contributed by atoms with Crippen molar-refractivity contribution in [3.63, 3.8) is 0 Å². The SMILES string of the molecule is O=C(CC1CCCCC1)NC1CNCCC1c1ccc(F)c(F)c1. The summed E-state index contributed by atoms with van der Waals surface area (Å²) in [5.41, 5.74) is 0.762. The van der Waals surface area contributed by atoms with Gasteiger partial charge in [0.2, 0.25) is 5.91 Å². The van der Waals surface area contributed by atoms with Gasteiger partial charge in [-0.25, -0.2) is 8.78 Å². The number of nitrogens with one attached hydrogen (secondary N) is 2. The van der Waals surface area contributed by atoms with Crippen LogP contribution >= 0.6 is 0 Å². The average Bonchev–Trinajstić information content (AvgIpc) is 2.59. The third kappa shape index (κ3) is 4.32. The summed E-state index contributed by atoms with van der Waals surface area (Å²) in [6, 6.07) is 4.01. The van der Waals surface area contributed by atoms with Crippen molar-refractivity contribution in [1.29, 1.82) is 0 Å². The van der Waals surface area contributed by atoms with Crippen molar-refractivity contribution in [2.45, 2.75) is 56.9 Å². The summed E-state index contributed by atoms with van der Waals surface area (Å²) >= 11 is 0. The second-order valence-electron chi connectivity index (χ2n) is 7.16. The molecule has 1 amide bonds. The van der Waals surface area contributed by atoms with Gasteiger partial charge in [0.05, 0.1) is 0 Å². The maximum absolute atomic E-state index is 13.6. The van der Waals surface area contributed by atoms with E-state index in [-0.39, 0.29) is 17.9 Å². The molecule has 2 aliphatic rings. The van der Waals surface area contributed by atoms with Gasteiger partial charge in [0.15, 0.2) is 11.6 Å². The number of piperidine rings is 1. The lowest BCUT2D eigenvalue weighted by Gasteiger charge is -2.34. The Morgan fingerprint density at radius 2 is 1.92 bits per heavy atom. The molecule has 2 N–H and O–H groups in total. The molecule has 0 spiro atoms. The molecule has 1 aromatic rings. The van der Waals surface area contributed by atoms with Crippen LogP contribution in [0.5, 0.6) is 0 Å². The van der Waals surface area contributed by atoms with Gasteiger partial charge in [0.1, 0.15) is 0 Å². The molecule has 1 saturated carbocycles. The first-order valence-electron chi connectivity index (χ1n) is 9.08. The van der Waals surface area contributed by atoms with Crippen LogP contribution in [0.2, 0.25) is 0 Å². The van der Waals surface area contributed by atoms with Gasteiger partial charge in [-0.15, -0.1) is 0 Å². The van der Waals surface area contributed by atoms with Gasteiger partial charge in [-0.3, -0.25) is 4.79 Å². The number of hydrogen-bond acceptors (Lipinski definition) is 2. The van der Waals surface area contributed by atoms with E-state index in [4.69, 9.17) is 0 Å². The van der Waals surface area contributed by atoms with Gasteiger partial charge in [-0.1, -0.05) is 25.3 Å². The fourth-order valence-electron chi connectivity index (χ4n) is 4.07. The maximum Gasteiger partial charge on any atom is 0.220 e. The zero-order chi connectivity index (χ0) is 16.9. The molecule has 0 aromatic heterocycles. The molecule has 5 heteroatoms. The molecule has 2 atom stereocenters. The zero-order valence-electron chi connectivity index (χ0n) is 14.0. The molecule has 1 aromatic carbocycles. The fraction of sp³-hybridized carbons (Fsp3) is 0.632. The Hall–Kier alpha value is -1.49. The summed E-state index contributed by atoms with van der Waals surface area (Å²) in [5.74, 6) is -1.04. The number of amides is 1. The van der Waals surface area contributed by atoms with Crippen molar-refractivity contribution < 1.29 is 13.6 Å². The van der Waals surface area contributed by atoms with Crippen LogP contribution in [0.3, 0.4) is 0 Å². The molecular formula is C19H26F2N2O. The number of carbonyl (C=O) groups is 1. The average molecular weight is 336 g/mol. The first kappa shape index (κ1) is 17.3. The highest BCUT2D eigenvalue weighted by Gasteiger charge is 2.29. The molecule has 0 radical (unpaired) electrons. The predicted molar refractivity (Wildman–Crippen MR) is 89.7 cm³/mol. The highest BCUT2D eigenvalue weighted by atomic mass is 19.2. The molecule has 1 aliphatic heterocycles. The zero-order valence-corrected chi connectivity index (χ0v) is 14.0. The van der Waals surface area contributed by atoms with E-state index in [0.717, 1.165) is 31.4 Å². The van der Waals surface area contributed by atoms with Crippen LogP contribution in [0.25, 0.3) is 0 Å². The molecular weight excluding hydrogens is 310 g/mol. The van der Waals surface area contributed by atoms with Crippen LogP contribution in [0.4, 0.5) is 8.78 Å². The lowest BCUT2D eigenvalue weighted by molar-refractivity contribution is -0.123. The van der Waals surface area contributed by atoms with E-state index in [1.807, 2.05) is 0 Å². The van der Waals surface area contributed by atoms with Crippen LogP contribution in [-0.4, -0.2) is 25.0 Å². The third-order valence-electron chi connectivity index (χ3n) is 5.40. The van der Waals surface area contributed by atoms with Crippen LogP contribution in [0.15, 0.2) is 18.2 Å². The molecule has 2 unspecified atom stereocenters. The van der Waals surface area contributed by atoms with Crippen molar-refractivity contribution in [3.8, 4) is 0 Å². The minimum absolute atomic E-state index is 0.0247. The Morgan fingerprint density at radius 1 is 1.12 bits per heavy atom. The Labute approximate surface area is 142 Å². The van der Waals surface area contributed by atoms with Crippen LogP contribution < -0.4 is 10.6 Å². The molecule has 132 valence electrons. The van der Waals surface area contributed by atoms with Crippen molar-refractivity contribution in [3.05, 3.63) is 35.4 Å². The van der Waals surface area contributed by atoms with E-state index in [9.17, 15) is 13.6 Å². The smallest absolute Gasteiger partial charge is 0.220 e. The largest absolute Gasteiger partial charge is 0.351 e. The topological polar surface area (TPSA) is 41.1 Å². The molecule has 1 aliphatic carbocycles. The van der Waals surface area contributed by atoms with Crippen LogP contribution in [-0.2, 0) is 4.79 Å². The molecule has 3 rings (SSSR count). The molecule has 0 bridgehead atoms. The van der Waals surface area contributed by atoms with Gasteiger partial charge in [0, 0.05) is 24.9 Å². The van der Waals surface area contributed by atoms with E-state index in [1.54, 1.807) is 6.07 Å². The monoisotopic (exact) mass is 336 g/mol. The third-order valence-corrected chi connectivity index (χ3v) is 5.40. The Bertz CT molecular complexity index is 572. The molecule has 1 saturated heterocycles. The number of halogens is 2. The Kier molecular flexibility index (Phi) is 5.82. The summed E-state index contributed by atoms with van der Waals surface area (Å²) < 4.78 is 26.7. The van der Waals surface area contributed by atoms with E-state index in [1.165, 1.54) is 31.4 Å². The Balaban J connectivity index is 1.63. The normalized spacial score (nSPS) is 25.4.